The van der Waals surface area contributed by atoms with Gasteiger partial charge in [-0.15, -0.1) is 0 Å². The average molecular weight is 579 g/mol. The molecular weight excluding hydrogens is 559 g/mol. The van der Waals surface area contributed by atoms with Gasteiger partial charge in [0.1, 0.15) is 17.2 Å². The lowest BCUT2D eigenvalue weighted by atomic mass is 10.1. The Hall–Kier alpha value is -4.89. The molecule has 6 aromatic rings. The van der Waals surface area contributed by atoms with E-state index in [4.69, 9.17) is 15.7 Å². The molecule has 0 unspecified atom stereocenters. The number of aromatic nitrogens is 4. The van der Waals surface area contributed by atoms with Crippen molar-refractivity contribution in [1.82, 2.24) is 19.5 Å². The van der Waals surface area contributed by atoms with E-state index in [0.29, 0.717) is 38.4 Å². The number of carbonyl (C=O) groups is 1. The van der Waals surface area contributed by atoms with Crippen LogP contribution in [0.1, 0.15) is 10.4 Å². The lowest BCUT2D eigenvalue weighted by Gasteiger charge is -2.12. The highest BCUT2D eigenvalue weighted by Gasteiger charge is 2.19. The number of benzene rings is 3. The number of halogens is 2. The van der Waals surface area contributed by atoms with Crippen LogP contribution < -0.4 is 11.1 Å². The Morgan fingerprint density at radius 3 is 2.44 bits per heavy atom. The van der Waals surface area contributed by atoms with Gasteiger partial charge < -0.3 is 11.1 Å². The van der Waals surface area contributed by atoms with Crippen LogP contribution in [0.15, 0.2) is 108 Å². The highest BCUT2D eigenvalue weighted by atomic mass is 79.9. The van der Waals surface area contributed by atoms with Crippen LogP contribution in [0.3, 0.4) is 0 Å². The summed E-state index contributed by atoms with van der Waals surface area (Å²) in [6.45, 7) is 0. The number of rotatable bonds is 5. The summed E-state index contributed by atoms with van der Waals surface area (Å²) in [7, 11) is 0. The number of amides is 1. The van der Waals surface area contributed by atoms with Crippen LogP contribution in [-0.2, 0) is 0 Å². The zero-order valence-electron chi connectivity index (χ0n) is 20.3. The second-order valence-electron chi connectivity index (χ2n) is 8.74. The van der Waals surface area contributed by atoms with Crippen LogP contribution in [0.4, 0.5) is 15.9 Å². The maximum atomic E-state index is 14.2. The molecule has 7 nitrogen and oxygen atoms in total. The molecule has 6 rings (SSSR count). The summed E-state index contributed by atoms with van der Waals surface area (Å²) >= 11 is 3.22. The first kappa shape index (κ1) is 24.4. The van der Waals surface area contributed by atoms with Crippen molar-refractivity contribution in [3.8, 4) is 28.3 Å². The molecule has 190 valence electrons. The van der Waals surface area contributed by atoms with Crippen molar-refractivity contribution in [1.29, 1.82) is 0 Å². The normalized spacial score (nSPS) is 11.0. The molecule has 3 N–H and O–H groups in total. The smallest absolute Gasteiger partial charge is 0.255 e. The van der Waals surface area contributed by atoms with Crippen molar-refractivity contribution >= 4 is 44.5 Å². The van der Waals surface area contributed by atoms with Crippen LogP contribution in [0.2, 0.25) is 0 Å². The number of hydrogen-bond donors (Lipinski definition) is 2. The van der Waals surface area contributed by atoms with Crippen LogP contribution in [0.5, 0.6) is 0 Å². The second kappa shape index (κ2) is 10.1. The minimum Gasteiger partial charge on any atom is -0.383 e. The zero-order valence-corrected chi connectivity index (χ0v) is 21.9. The first-order valence-corrected chi connectivity index (χ1v) is 12.8. The first-order chi connectivity index (χ1) is 19.0. The van der Waals surface area contributed by atoms with Crippen molar-refractivity contribution in [3.63, 3.8) is 0 Å². The number of hydrogen-bond acceptors (Lipinski definition) is 5. The molecule has 0 aliphatic rings. The third kappa shape index (κ3) is 4.75. The molecule has 39 heavy (non-hydrogen) atoms. The van der Waals surface area contributed by atoms with Crippen molar-refractivity contribution in [2.24, 2.45) is 0 Å². The molecule has 0 atom stereocenters. The van der Waals surface area contributed by atoms with Gasteiger partial charge in [0.05, 0.1) is 16.9 Å². The predicted octanol–water partition coefficient (Wildman–Crippen LogP) is 6.89. The quantitative estimate of drug-likeness (QED) is 0.232. The predicted molar refractivity (Wildman–Crippen MR) is 154 cm³/mol. The Bertz CT molecular complexity index is 1840. The van der Waals surface area contributed by atoms with Crippen LogP contribution in [0, 0.1) is 5.82 Å². The van der Waals surface area contributed by atoms with Crippen molar-refractivity contribution in [2.75, 3.05) is 11.1 Å². The summed E-state index contributed by atoms with van der Waals surface area (Å²) in [5.74, 6) is -0.0509. The minimum absolute atomic E-state index is 0.0971. The second-order valence-corrected chi connectivity index (χ2v) is 9.65. The van der Waals surface area contributed by atoms with Crippen molar-refractivity contribution in [3.05, 3.63) is 119 Å². The van der Waals surface area contributed by atoms with Gasteiger partial charge in [-0.25, -0.2) is 19.3 Å². The number of imidazole rings is 1. The number of fused-ring (bicyclic) bond motifs is 1. The van der Waals surface area contributed by atoms with E-state index in [0.717, 1.165) is 16.9 Å². The van der Waals surface area contributed by atoms with E-state index in [1.165, 1.54) is 12.1 Å². The molecule has 0 radical (unpaired) electrons. The lowest BCUT2D eigenvalue weighted by molar-refractivity contribution is 0.102. The Labute approximate surface area is 231 Å². The van der Waals surface area contributed by atoms with E-state index in [-0.39, 0.29) is 5.69 Å². The van der Waals surface area contributed by atoms with E-state index in [9.17, 15) is 9.18 Å². The average Bonchev–Trinajstić information content (AvgIpc) is 3.34. The summed E-state index contributed by atoms with van der Waals surface area (Å²) in [5.41, 5.74) is 11.1. The number of nitrogen functional groups attached to an aromatic ring is 1. The van der Waals surface area contributed by atoms with Gasteiger partial charge >= 0.3 is 0 Å². The third-order valence-electron chi connectivity index (χ3n) is 6.22. The molecule has 0 bridgehead atoms. The summed E-state index contributed by atoms with van der Waals surface area (Å²) in [6.07, 6.45) is 1.62. The highest BCUT2D eigenvalue weighted by molar-refractivity contribution is 9.10. The third-order valence-corrected chi connectivity index (χ3v) is 6.71. The van der Waals surface area contributed by atoms with E-state index in [1.807, 2.05) is 53.1 Å². The summed E-state index contributed by atoms with van der Waals surface area (Å²) in [4.78, 5) is 26.9. The zero-order chi connectivity index (χ0) is 26.9. The molecule has 3 aromatic heterocycles. The fourth-order valence-electron chi connectivity index (χ4n) is 4.31. The number of nitrogens with one attached hydrogen (secondary N) is 1. The number of nitrogens with zero attached hydrogens (tertiary/aromatic N) is 4. The van der Waals surface area contributed by atoms with Gasteiger partial charge in [0.25, 0.3) is 5.91 Å². The summed E-state index contributed by atoms with van der Waals surface area (Å²) < 4.78 is 16.7. The van der Waals surface area contributed by atoms with E-state index in [2.05, 4.69) is 26.2 Å². The molecule has 0 spiro atoms. The molecule has 0 saturated heterocycles. The van der Waals surface area contributed by atoms with E-state index >= 15 is 0 Å². The minimum atomic E-state index is -0.529. The lowest BCUT2D eigenvalue weighted by Crippen LogP contribution is -2.13. The number of anilines is 2. The Kier molecular flexibility index (Phi) is 6.34. The van der Waals surface area contributed by atoms with Crippen LogP contribution in [-0.4, -0.2) is 25.4 Å². The molecule has 0 fully saturated rings. The number of pyridine rings is 2. The van der Waals surface area contributed by atoms with Crippen LogP contribution in [0.25, 0.3) is 39.5 Å². The van der Waals surface area contributed by atoms with Gasteiger partial charge in [-0.05, 0) is 66.7 Å². The SMILES string of the molecule is Nc1ncccc1-c1nc2ccc(-c3ccccc3)nc2n1-c1ccc(C(=O)Nc2ccc(Br)cc2F)cc1. The van der Waals surface area contributed by atoms with Gasteiger partial charge in [-0.3, -0.25) is 9.36 Å². The molecule has 9 heteroatoms. The van der Waals surface area contributed by atoms with Gasteiger partial charge in [0.15, 0.2) is 11.5 Å². The van der Waals surface area contributed by atoms with E-state index < -0.39 is 11.7 Å². The number of nitrogens with two attached hydrogens (primary N) is 1. The number of carbonyl (C=O) groups excluding carboxylic acids is 1. The van der Waals surface area contributed by atoms with Gasteiger partial charge in [0, 0.05) is 27.5 Å². The molecule has 0 aliphatic carbocycles. The molecular formula is C30H20BrFN6O. The van der Waals surface area contributed by atoms with Gasteiger partial charge in [-0.2, -0.15) is 0 Å². The molecule has 3 heterocycles. The monoisotopic (exact) mass is 578 g/mol. The van der Waals surface area contributed by atoms with Crippen molar-refractivity contribution in [2.45, 2.75) is 0 Å². The fourth-order valence-corrected chi connectivity index (χ4v) is 4.64. The first-order valence-electron chi connectivity index (χ1n) is 12.0. The molecule has 3 aromatic carbocycles. The van der Waals surface area contributed by atoms with Crippen LogP contribution >= 0.6 is 15.9 Å². The van der Waals surface area contributed by atoms with Gasteiger partial charge in [0.2, 0.25) is 0 Å². The maximum Gasteiger partial charge on any atom is 0.255 e. The standard InChI is InChI=1S/C30H20BrFN6O/c31-20-10-13-25(23(32)17-20)37-30(39)19-8-11-21(12-9-19)38-28(22-7-4-16-34-27(22)33)36-26-15-14-24(35-29(26)38)18-5-2-1-3-6-18/h1-17H,(H2,33,34)(H,37,39). The Morgan fingerprint density at radius 1 is 0.897 bits per heavy atom. The summed E-state index contributed by atoms with van der Waals surface area (Å²) in [5, 5.41) is 2.62. The maximum absolute atomic E-state index is 14.2. The largest absolute Gasteiger partial charge is 0.383 e. The Balaban J connectivity index is 1.44. The molecule has 0 aliphatic heterocycles. The van der Waals surface area contributed by atoms with Crippen molar-refractivity contribution < 1.29 is 9.18 Å². The molecule has 1 amide bonds. The summed E-state index contributed by atoms with van der Waals surface area (Å²) in [6, 6.07) is 28.8. The fraction of sp³-hybridized carbons (Fsp3) is 0. The molecule has 0 saturated carbocycles. The Morgan fingerprint density at radius 2 is 1.69 bits per heavy atom. The van der Waals surface area contributed by atoms with Gasteiger partial charge in [-0.1, -0.05) is 46.3 Å². The topological polar surface area (TPSA) is 98.7 Å². The highest BCUT2D eigenvalue weighted by Crippen LogP contribution is 2.32. The van der Waals surface area contributed by atoms with E-state index in [1.54, 1.807) is 42.6 Å².